The molecule has 0 atom stereocenters. The van der Waals surface area contributed by atoms with Crippen molar-refractivity contribution in [2.24, 2.45) is 5.73 Å². The summed E-state index contributed by atoms with van der Waals surface area (Å²) in [4.78, 5) is 0.0755. The molecule has 0 saturated heterocycles. The Labute approximate surface area is 120 Å². The van der Waals surface area contributed by atoms with Crippen LogP contribution in [0.3, 0.4) is 0 Å². The molecule has 0 bridgehead atoms. The van der Waals surface area contributed by atoms with E-state index in [0.29, 0.717) is 15.7 Å². The maximum absolute atomic E-state index is 12.5. The lowest BCUT2D eigenvalue weighted by Crippen LogP contribution is -2.14. The fourth-order valence-corrected chi connectivity index (χ4v) is 2.46. The summed E-state index contributed by atoms with van der Waals surface area (Å²) >= 11 is 8.16. The molecule has 0 fully saturated rings. The second-order valence-corrected chi connectivity index (χ2v) is 4.96. The Bertz CT molecular complexity index is 636. The molecule has 1 aromatic heterocycles. The number of rotatable bonds is 2. The zero-order valence-corrected chi connectivity index (χ0v) is 11.7. The molecule has 0 aliphatic rings. The highest BCUT2D eigenvalue weighted by Gasteiger charge is 2.32. The first-order chi connectivity index (χ1) is 8.80. The minimum atomic E-state index is -4.44. The van der Waals surface area contributed by atoms with Crippen LogP contribution < -0.4 is 5.73 Å². The molecule has 0 radical (unpaired) electrons. The van der Waals surface area contributed by atoms with Crippen molar-refractivity contribution in [2.75, 3.05) is 0 Å². The molecule has 1 aromatic carbocycles. The average molecular weight is 350 g/mol. The van der Waals surface area contributed by atoms with Gasteiger partial charge in [0.2, 0.25) is 0 Å². The van der Waals surface area contributed by atoms with Gasteiger partial charge in [-0.1, -0.05) is 18.3 Å². The van der Waals surface area contributed by atoms with Crippen LogP contribution in [0.4, 0.5) is 13.2 Å². The van der Waals surface area contributed by atoms with Gasteiger partial charge in [-0.3, -0.25) is 0 Å². The van der Waals surface area contributed by atoms with Gasteiger partial charge in [-0.25, -0.2) is 4.68 Å². The van der Waals surface area contributed by atoms with E-state index in [1.807, 2.05) is 0 Å². The predicted octanol–water partition coefficient (Wildman–Crippen LogP) is 3.29. The molecule has 0 spiro atoms. The fourth-order valence-electron chi connectivity index (χ4n) is 1.55. The van der Waals surface area contributed by atoms with Crippen molar-refractivity contribution < 1.29 is 13.2 Å². The van der Waals surface area contributed by atoms with Crippen LogP contribution in [0.15, 0.2) is 35.1 Å². The predicted molar refractivity (Wildman–Crippen MR) is 72.2 cm³/mol. The van der Waals surface area contributed by atoms with E-state index >= 15 is 0 Å². The highest BCUT2D eigenvalue weighted by atomic mass is 79.9. The van der Waals surface area contributed by atoms with E-state index in [9.17, 15) is 13.2 Å². The summed E-state index contributed by atoms with van der Waals surface area (Å²) in [7, 11) is 0. The Morgan fingerprint density at radius 1 is 1.37 bits per heavy atom. The number of halogens is 4. The number of hydrogen-bond donors (Lipinski definition) is 1. The van der Waals surface area contributed by atoms with Gasteiger partial charge in [0.05, 0.1) is 17.4 Å². The number of alkyl halides is 3. The molecule has 1 heterocycles. The van der Waals surface area contributed by atoms with Crippen molar-refractivity contribution in [1.29, 1.82) is 0 Å². The van der Waals surface area contributed by atoms with Crippen LogP contribution in [-0.2, 0) is 6.18 Å². The number of nitrogens with two attached hydrogens (primary N) is 1. The summed E-state index contributed by atoms with van der Waals surface area (Å²) < 4.78 is 39.3. The molecule has 0 saturated carbocycles. The van der Waals surface area contributed by atoms with Gasteiger partial charge in [-0.05, 0) is 28.1 Å². The highest BCUT2D eigenvalue weighted by molar-refractivity contribution is 9.10. The largest absolute Gasteiger partial charge is 0.419 e. The van der Waals surface area contributed by atoms with Gasteiger partial charge in [0, 0.05) is 16.2 Å². The molecule has 0 aliphatic heterocycles. The molecule has 100 valence electrons. The summed E-state index contributed by atoms with van der Waals surface area (Å²) in [5, 5.41) is 3.70. The lowest BCUT2D eigenvalue weighted by molar-refractivity contribution is -0.137. The van der Waals surface area contributed by atoms with E-state index in [4.69, 9.17) is 18.0 Å². The zero-order valence-electron chi connectivity index (χ0n) is 9.28. The smallest absolute Gasteiger partial charge is 0.389 e. The molecule has 3 nitrogen and oxygen atoms in total. The molecular formula is C11H7BrF3N3S. The van der Waals surface area contributed by atoms with Crippen molar-refractivity contribution in [3.63, 3.8) is 0 Å². The van der Waals surface area contributed by atoms with Gasteiger partial charge < -0.3 is 5.73 Å². The molecule has 8 heteroatoms. The Morgan fingerprint density at radius 2 is 2.05 bits per heavy atom. The SMILES string of the molecule is NC(=S)c1c(Br)cccc1-n1cc(C(F)(F)F)cn1. The minimum Gasteiger partial charge on any atom is -0.389 e. The van der Waals surface area contributed by atoms with Gasteiger partial charge in [-0.15, -0.1) is 0 Å². The summed E-state index contributed by atoms with van der Waals surface area (Å²) in [6.07, 6.45) is -2.79. The molecule has 2 aromatic rings. The monoisotopic (exact) mass is 349 g/mol. The molecule has 0 amide bonds. The van der Waals surface area contributed by atoms with Crippen molar-refractivity contribution >= 4 is 33.1 Å². The maximum atomic E-state index is 12.5. The quantitative estimate of drug-likeness (QED) is 0.846. The number of aromatic nitrogens is 2. The lowest BCUT2D eigenvalue weighted by atomic mass is 10.2. The molecular weight excluding hydrogens is 343 g/mol. The molecule has 2 N–H and O–H groups in total. The fraction of sp³-hybridized carbons (Fsp3) is 0.0909. The van der Waals surface area contributed by atoms with Crippen molar-refractivity contribution in [1.82, 2.24) is 9.78 Å². The zero-order chi connectivity index (χ0) is 14.2. The number of hydrogen-bond acceptors (Lipinski definition) is 2. The first kappa shape index (κ1) is 14.0. The first-order valence-electron chi connectivity index (χ1n) is 5.01. The topological polar surface area (TPSA) is 43.8 Å². The van der Waals surface area contributed by atoms with Crippen molar-refractivity contribution in [2.45, 2.75) is 6.18 Å². The third kappa shape index (κ3) is 2.79. The molecule has 2 rings (SSSR count). The summed E-state index contributed by atoms with van der Waals surface area (Å²) in [5.41, 5.74) is 5.58. The molecule has 0 unspecified atom stereocenters. The van der Waals surface area contributed by atoms with E-state index < -0.39 is 11.7 Å². The Kier molecular flexibility index (Phi) is 3.64. The molecule has 19 heavy (non-hydrogen) atoms. The Balaban J connectivity index is 2.57. The van der Waals surface area contributed by atoms with Gasteiger partial charge >= 0.3 is 6.18 Å². The Morgan fingerprint density at radius 3 is 2.58 bits per heavy atom. The van der Waals surface area contributed by atoms with Gasteiger partial charge in [0.15, 0.2) is 0 Å². The summed E-state index contributed by atoms with van der Waals surface area (Å²) in [6.45, 7) is 0. The van der Waals surface area contributed by atoms with Crippen LogP contribution in [0.1, 0.15) is 11.1 Å². The lowest BCUT2D eigenvalue weighted by Gasteiger charge is -2.10. The van der Waals surface area contributed by atoms with Gasteiger partial charge in [0.1, 0.15) is 4.99 Å². The summed E-state index contributed by atoms with van der Waals surface area (Å²) in [5.74, 6) is 0. The van der Waals surface area contributed by atoms with Gasteiger partial charge in [0.25, 0.3) is 0 Å². The molecule has 0 aliphatic carbocycles. The standard InChI is InChI=1S/C11H7BrF3N3S/c12-7-2-1-3-8(9(7)10(16)19)18-5-6(4-17-18)11(13,14)15/h1-5H,(H2,16,19). The normalized spacial score (nSPS) is 11.6. The second-order valence-electron chi connectivity index (χ2n) is 3.67. The Hall–Kier alpha value is -1.41. The van der Waals surface area contributed by atoms with E-state index in [2.05, 4.69) is 21.0 Å². The van der Waals surface area contributed by atoms with E-state index in [0.717, 1.165) is 17.1 Å². The second kappa shape index (κ2) is 4.93. The van der Waals surface area contributed by atoms with Crippen LogP contribution >= 0.6 is 28.1 Å². The van der Waals surface area contributed by atoms with Crippen LogP contribution in [-0.4, -0.2) is 14.8 Å². The first-order valence-corrected chi connectivity index (χ1v) is 6.21. The van der Waals surface area contributed by atoms with Crippen LogP contribution in [0.2, 0.25) is 0 Å². The number of benzene rings is 1. The van der Waals surface area contributed by atoms with E-state index in [1.54, 1.807) is 18.2 Å². The third-order valence-corrected chi connectivity index (χ3v) is 3.26. The minimum absolute atomic E-state index is 0.0755. The van der Waals surface area contributed by atoms with Crippen LogP contribution in [0, 0.1) is 0 Å². The number of thiocarbonyl (C=S) groups is 1. The average Bonchev–Trinajstić information content (AvgIpc) is 2.76. The van der Waals surface area contributed by atoms with E-state index in [-0.39, 0.29) is 4.99 Å². The third-order valence-electron chi connectivity index (χ3n) is 2.39. The number of nitrogens with zero attached hydrogens (tertiary/aromatic N) is 2. The highest BCUT2D eigenvalue weighted by Crippen LogP contribution is 2.30. The summed E-state index contributed by atoms with van der Waals surface area (Å²) in [6, 6.07) is 4.95. The van der Waals surface area contributed by atoms with Crippen molar-refractivity contribution in [3.8, 4) is 5.69 Å². The van der Waals surface area contributed by atoms with E-state index in [1.165, 1.54) is 0 Å². The van der Waals surface area contributed by atoms with Crippen LogP contribution in [0.25, 0.3) is 5.69 Å². The van der Waals surface area contributed by atoms with Crippen molar-refractivity contribution in [3.05, 3.63) is 46.2 Å². The van der Waals surface area contributed by atoms with Gasteiger partial charge in [-0.2, -0.15) is 18.3 Å². The van der Waals surface area contributed by atoms with Crippen LogP contribution in [0.5, 0.6) is 0 Å². The maximum Gasteiger partial charge on any atom is 0.419 e.